The van der Waals surface area contributed by atoms with E-state index in [-0.39, 0.29) is 18.0 Å². The normalized spacial score (nSPS) is 24.1. The van der Waals surface area contributed by atoms with E-state index in [9.17, 15) is 0 Å². The predicted octanol–water partition coefficient (Wildman–Crippen LogP) is 13.0. The number of hydrogen-bond donors (Lipinski definition) is 1. The molecule has 2 aliphatic rings. The van der Waals surface area contributed by atoms with Crippen LogP contribution in [0.1, 0.15) is 194 Å². The molecule has 2 N–H and O–H groups in total. The first kappa shape index (κ1) is 40.0. The number of ether oxygens (including phenoxy) is 2. The molecule has 1 saturated heterocycles. The quantitative estimate of drug-likeness (QED) is 0.0695. The third kappa shape index (κ3) is 20.6. The molecule has 260 valence electrons. The molecule has 0 aromatic carbocycles. The summed E-state index contributed by atoms with van der Waals surface area (Å²) in [6.45, 7) is 4.54. The maximum Gasteiger partial charge on any atom is 0.169 e. The van der Waals surface area contributed by atoms with Crippen LogP contribution in [-0.2, 0) is 9.47 Å². The molecule has 2 fully saturated rings. The van der Waals surface area contributed by atoms with Gasteiger partial charge in [0.1, 0.15) is 0 Å². The lowest BCUT2D eigenvalue weighted by Crippen LogP contribution is -2.40. The smallest absolute Gasteiger partial charge is 0.169 e. The lowest BCUT2D eigenvalue weighted by molar-refractivity contribution is -0.196. The van der Waals surface area contributed by atoms with E-state index in [1.54, 1.807) is 0 Å². The molecule has 1 aliphatic carbocycles. The van der Waals surface area contributed by atoms with Gasteiger partial charge in [0, 0.05) is 18.9 Å². The van der Waals surface area contributed by atoms with Gasteiger partial charge in [-0.3, -0.25) is 0 Å². The summed E-state index contributed by atoms with van der Waals surface area (Å²) in [5.74, 6) is -0.334. The second kappa shape index (κ2) is 27.9. The Kier molecular flexibility index (Phi) is 24.8. The lowest BCUT2D eigenvalue weighted by Gasteiger charge is -2.34. The van der Waals surface area contributed by atoms with Crippen molar-refractivity contribution in [2.45, 2.75) is 218 Å². The Morgan fingerprint density at radius 2 is 0.844 bits per heavy atom. The maximum atomic E-state index is 6.74. The van der Waals surface area contributed by atoms with E-state index in [1.807, 2.05) is 0 Å². The summed E-state index contributed by atoms with van der Waals surface area (Å²) in [6.07, 6.45) is 54.0. The largest absolute Gasteiger partial charge is 0.344 e. The molecule has 45 heavy (non-hydrogen) atoms. The van der Waals surface area contributed by atoms with Crippen molar-refractivity contribution in [3.05, 3.63) is 48.6 Å². The van der Waals surface area contributed by atoms with E-state index in [0.29, 0.717) is 6.04 Å². The Morgan fingerprint density at radius 1 is 0.489 bits per heavy atom. The highest BCUT2D eigenvalue weighted by Gasteiger charge is 2.48. The topological polar surface area (TPSA) is 44.5 Å². The zero-order valence-corrected chi connectivity index (χ0v) is 30.0. The summed E-state index contributed by atoms with van der Waals surface area (Å²) in [5, 5.41) is 0. The molecule has 1 heterocycles. The maximum absolute atomic E-state index is 6.74. The van der Waals surface area contributed by atoms with Crippen LogP contribution in [0.5, 0.6) is 0 Å². The van der Waals surface area contributed by atoms with Crippen LogP contribution in [0.3, 0.4) is 0 Å². The van der Waals surface area contributed by atoms with E-state index in [0.717, 1.165) is 51.4 Å². The van der Waals surface area contributed by atoms with Crippen LogP contribution >= 0.6 is 0 Å². The Bertz CT molecular complexity index is 720. The van der Waals surface area contributed by atoms with Crippen molar-refractivity contribution in [2.75, 3.05) is 0 Å². The Balaban J connectivity index is 1.54. The van der Waals surface area contributed by atoms with E-state index in [2.05, 4.69) is 62.5 Å². The van der Waals surface area contributed by atoms with Crippen LogP contribution in [0.25, 0.3) is 0 Å². The number of allylic oxidation sites excluding steroid dienone is 8. The van der Waals surface area contributed by atoms with Gasteiger partial charge in [0.2, 0.25) is 0 Å². The molecule has 2 rings (SSSR count). The summed E-state index contributed by atoms with van der Waals surface area (Å²) in [6, 6.07) is 0.323. The molecule has 0 aromatic rings. The second-order valence-corrected chi connectivity index (χ2v) is 14.1. The first-order valence-electron chi connectivity index (χ1n) is 19.9. The van der Waals surface area contributed by atoms with E-state index in [4.69, 9.17) is 15.2 Å². The molecule has 0 aromatic heterocycles. The van der Waals surface area contributed by atoms with Crippen molar-refractivity contribution < 1.29 is 9.47 Å². The number of hydrogen-bond acceptors (Lipinski definition) is 3. The van der Waals surface area contributed by atoms with E-state index in [1.165, 1.54) is 128 Å². The first-order chi connectivity index (χ1) is 22.2. The highest BCUT2D eigenvalue weighted by molar-refractivity contribution is 4.94. The number of rotatable bonds is 28. The SMILES string of the molecule is CCCCC/C=C\C/C=C\CCCCCCCC1OC2(CCC(N)CC2)OC1CCCCCCC/C=C\C/C=C\CCCCC. The van der Waals surface area contributed by atoms with Crippen molar-refractivity contribution in [3.63, 3.8) is 0 Å². The monoisotopic (exact) mass is 626 g/mol. The summed E-state index contributed by atoms with van der Waals surface area (Å²) < 4.78 is 13.5. The first-order valence-corrected chi connectivity index (χ1v) is 19.9. The summed E-state index contributed by atoms with van der Waals surface area (Å²) in [5.41, 5.74) is 6.23. The predicted molar refractivity (Wildman–Crippen MR) is 198 cm³/mol. The van der Waals surface area contributed by atoms with Crippen LogP contribution in [0.4, 0.5) is 0 Å². The molecule has 3 heteroatoms. The van der Waals surface area contributed by atoms with Crippen molar-refractivity contribution in [1.29, 1.82) is 0 Å². The molecule has 1 saturated carbocycles. The summed E-state index contributed by atoms with van der Waals surface area (Å²) >= 11 is 0. The van der Waals surface area contributed by atoms with Gasteiger partial charge in [-0.15, -0.1) is 0 Å². The zero-order chi connectivity index (χ0) is 32.1. The summed E-state index contributed by atoms with van der Waals surface area (Å²) in [7, 11) is 0. The molecule has 2 unspecified atom stereocenters. The van der Waals surface area contributed by atoms with Gasteiger partial charge in [0.05, 0.1) is 12.2 Å². The van der Waals surface area contributed by atoms with Crippen molar-refractivity contribution in [2.24, 2.45) is 5.73 Å². The van der Waals surface area contributed by atoms with Gasteiger partial charge in [0.25, 0.3) is 0 Å². The van der Waals surface area contributed by atoms with Gasteiger partial charge >= 0.3 is 0 Å². The van der Waals surface area contributed by atoms with Crippen LogP contribution in [0.2, 0.25) is 0 Å². The molecule has 0 amide bonds. The van der Waals surface area contributed by atoms with Crippen molar-refractivity contribution in [3.8, 4) is 0 Å². The van der Waals surface area contributed by atoms with Crippen LogP contribution < -0.4 is 5.73 Å². The Morgan fingerprint density at radius 3 is 1.24 bits per heavy atom. The highest BCUT2D eigenvalue weighted by Crippen LogP contribution is 2.42. The number of nitrogens with two attached hydrogens (primary N) is 1. The van der Waals surface area contributed by atoms with Gasteiger partial charge in [0.15, 0.2) is 5.79 Å². The van der Waals surface area contributed by atoms with Crippen molar-refractivity contribution in [1.82, 2.24) is 0 Å². The van der Waals surface area contributed by atoms with Gasteiger partial charge < -0.3 is 15.2 Å². The Labute approximate surface area is 280 Å². The lowest BCUT2D eigenvalue weighted by atomic mass is 9.91. The highest BCUT2D eigenvalue weighted by atomic mass is 16.8. The van der Waals surface area contributed by atoms with Crippen molar-refractivity contribution >= 4 is 0 Å². The third-order valence-electron chi connectivity index (χ3n) is 9.82. The van der Waals surface area contributed by atoms with Gasteiger partial charge in [-0.25, -0.2) is 0 Å². The molecule has 1 aliphatic heterocycles. The Hall–Kier alpha value is -1.16. The minimum atomic E-state index is -0.334. The fourth-order valence-electron chi connectivity index (χ4n) is 6.85. The van der Waals surface area contributed by atoms with Crippen LogP contribution in [-0.4, -0.2) is 24.0 Å². The molecule has 0 bridgehead atoms. The molecule has 2 atom stereocenters. The molecule has 3 nitrogen and oxygen atoms in total. The average molecular weight is 626 g/mol. The van der Waals surface area contributed by atoms with E-state index < -0.39 is 0 Å². The van der Waals surface area contributed by atoms with Crippen LogP contribution in [0, 0.1) is 0 Å². The fraction of sp³-hybridized carbons (Fsp3) is 0.810. The van der Waals surface area contributed by atoms with Gasteiger partial charge in [-0.1, -0.05) is 140 Å². The molecular weight excluding hydrogens is 550 g/mol. The fourth-order valence-corrected chi connectivity index (χ4v) is 6.85. The van der Waals surface area contributed by atoms with Crippen LogP contribution in [0.15, 0.2) is 48.6 Å². The summed E-state index contributed by atoms with van der Waals surface area (Å²) in [4.78, 5) is 0. The number of unbranched alkanes of at least 4 members (excludes halogenated alkanes) is 16. The average Bonchev–Trinajstić information content (AvgIpc) is 3.39. The molecule has 1 spiro atoms. The standard InChI is InChI=1S/C42H75NO2/c1-3-5-7-9-11-13-15-17-19-21-23-25-27-29-31-33-40-41(45-42(44-40)37-35-39(43)36-38-42)34-32-30-28-26-24-22-20-18-16-14-12-10-8-6-4-2/h11-14,17-20,39-41H,3-10,15-16,21-38,43H2,1-2H3/b13-11-,14-12-,19-17-,20-18-. The van der Waals surface area contributed by atoms with E-state index >= 15 is 0 Å². The molecule has 0 radical (unpaired) electrons. The minimum Gasteiger partial charge on any atom is -0.344 e. The zero-order valence-electron chi connectivity index (χ0n) is 30.0. The third-order valence-corrected chi connectivity index (χ3v) is 9.82. The minimum absolute atomic E-state index is 0.281. The van der Waals surface area contributed by atoms with Gasteiger partial charge in [-0.2, -0.15) is 0 Å². The molecular formula is C42H75NO2. The second-order valence-electron chi connectivity index (χ2n) is 14.1. The van der Waals surface area contributed by atoms with Gasteiger partial charge in [-0.05, 0) is 89.9 Å².